The highest BCUT2D eigenvalue weighted by molar-refractivity contribution is 6.06. The molecule has 6 nitrogen and oxygen atoms in total. The van der Waals surface area contributed by atoms with Crippen molar-refractivity contribution >= 4 is 22.6 Å². The first kappa shape index (κ1) is 17.2. The Morgan fingerprint density at radius 3 is 2.72 bits per heavy atom. The van der Waals surface area contributed by atoms with Crippen molar-refractivity contribution in [3.05, 3.63) is 42.0 Å². The molecule has 2 aromatic rings. The summed E-state index contributed by atoms with van der Waals surface area (Å²) in [5.41, 5.74) is 0.406. The van der Waals surface area contributed by atoms with Crippen molar-refractivity contribution in [1.29, 1.82) is 0 Å². The maximum Gasteiger partial charge on any atom is 0.339 e. The molecule has 3 rings (SSSR count). The Morgan fingerprint density at radius 2 is 2.00 bits per heavy atom. The molecule has 1 aliphatic heterocycles. The van der Waals surface area contributed by atoms with Gasteiger partial charge in [0.25, 0.3) is 5.91 Å². The Bertz CT molecular complexity index is 767. The molecule has 1 saturated heterocycles. The molecule has 0 saturated carbocycles. The van der Waals surface area contributed by atoms with Gasteiger partial charge in [-0.2, -0.15) is 0 Å². The van der Waals surface area contributed by atoms with Crippen molar-refractivity contribution in [2.75, 3.05) is 26.9 Å². The van der Waals surface area contributed by atoms with Crippen LogP contribution in [0.4, 0.5) is 0 Å². The summed E-state index contributed by atoms with van der Waals surface area (Å²) in [5, 5.41) is 4.28. The van der Waals surface area contributed by atoms with Crippen LogP contribution in [0.15, 0.2) is 36.4 Å². The first-order chi connectivity index (χ1) is 12.2. The van der Waals surface area contributed by atoms with E-state index in [0.29, 0.717) is 17.9 Å². The third kappa shape index (κ3) is 4.09. The zero-order valence-electron chi connectivity index (χ0n) is 14.1. The second kappa shape index (κ2) is 7.98. The van der Waals surface area contributed by atoms with Crippen LogP contribution < -0.4 is 10.1 Å². The van der Waals surface area contributed by atoms with Crippen LogP contribution in [0.5, 0.6) is 5.75 Å². The van der Waals surface area contributed by atoms with Crippen LogP contribution in [0, 0.1) is 0 Å². The smallest absolute Gasteiger partial charge is 0.339 e. The quantitative estimate of drug-likeness (QED) is 0.815. The van der Waals surface area contributed by atoms with Gasteiger partial charge in [-0.1, -0.05) is 24.3 Å². The lowest BCUT2D eigenvalue weighted by Crippen LogP contribution is -2.34. The number of hydrogen-bond acceptors (Lipinski definition) is 5. The third-order valence-corrected chi connectivity index (χ3v) is 4.21. The van der Waals surface area contributed by atoms with Gasteiger partial charge in [-0.05, 0) is 30.4 Å². The fraction of sp³-hybridized carbons (Fsp3) is 0.368. The van der Waals surface area contributed by atoms with E-state index in [1.807, 2.05) is 24.3 Å². The maximum atomic E-state index is 12.4. The molecule has 2 aromatic carbocycles. The molecule has 1 atom stereocenters. The molecule has 0 bridgehead atoms. The molecule has 1 amide bonds. The van der Waals surface area contributed by atoms with E-state index in [0.717, 1.165) is 30.2 Å². The van der Waals surface area contributed by atoms with Gasteiger partial charge in [-0.3, -0.25) is 4.79 Å². The summed E-state index contributed by atoms with van der Waals surface area (Å²) in [7, 11) is 1.58. The standard InChI is InChI=1S/C19H21NO5/c1-23-17-9-8-16(14-6-2-3-7-15(14)17)19(22)25-12-18(21)20-11-13-5-4-10-24-13/h2-3,6-9,13H,4-5,10-12H2,1H3,(H,20,21)/t13-/m1/s1. The van der Waals surface area contributed by atoms with E-state index in [2.05, 4.69) is 5.32 Å². The lowest BCUT2D eigenvalue weighted by Gasteiger charge is -2.12. The van der Waals surface area contributed by atoms with Gasteiger partial charge in [0.15, 0.2) is 6.61 Å². The molecule has 1 heterocycles. The van der Waals surface area contributed by atoms with Crippen molar-refractivity contribution in [3.8, 4) is 5.75 Å². The molecule has 1 N–H and O–H groups in total. The van der Waals surface area contributed by atoms with Crippen molar-refractivity contribution in [1.82, 2.24) is 5.32 Å². The van der Waals surface area contributed by atoms with Crippen LogP contribution in [0.25, 0.3) is 10.8 Å². The minimum atomic E-state index is -0.536. The Balaban J connectivity index is 1.61. The Morgan fingerprint density at radius 1 is 1.20 bits per heavy atom. The van der Waals surface area contributed by atoms with Crippen LogP contribution in [-0.4, -0.2) is 44.8 Å². The van der Waals surface area contributed by atoms with Crippen LogP contribution in [0.3, 0.4) is 0 Å². The highest BCUT2D eigenvalue weighted by Gasteiger charge is 2.18. The Hall–Kier alpha value is -2.60. The minimum absolute atomic E-state index is 0.0604. The second-order valence-corrected chi connectivity index (χ2v) is 5.88. The van der Waals surface area contributed by atoms with Crippen molar-refractivity contribution < 1.29 is 23.8 Å². The Labute approximate surface area is 146 Å². The van der Waals surface area contributed by atoms with Crippen LogP contribution in [0.2, 0.25) is 0 Å². The number of methoxy groups -OCH3 is 1. The molecule has 1 fully saturated rings. The number of hydrogen-bond donors (Lipinski definition) is 1. The first-order valence-electron chi connectivity index (χ1n) is 8.30. The molecular weight excluding hydrogens is 322 g/mol. The number of fused-ring (bicyclic) bond motifs is 1. The van der Waals surface area contributed by atoms with Gasteiger partial charge in [0.2, 0.25) is 0 Å². The van der Waals surface area contributed by atoms with Crippen molar-refractivity contribution in [3.63, 3.8) is 0 Å². The third-order valence-electron chi connectivity index (χ3n) is 4.21. The van der Waals surface area contributed by atoms with Gasteiger partial charge in [-0.15, -0.1) is 0 Å². The number of rotatable bonds is 6. The summed E-state index contributed by atoms with van der Waals surface area (Å²) in [6.45, 7) is 0.869. The number of nitrogens with one attached hydrogen (secondary N) is 1. The number of ether oxygens (including phenoxy) is 3. The minimum Gasteiger partial charge on any atom is -0.496 e. The molecule has 0 spiro atoms. The van der Waals surface area contributed by atoms with Crippen LogP contribution in [-0.2, 0) is 14.3 Å². The maximum absolute atomic E-state index is 12.4. The van der Waals surface area contributed by atoms with E-state index in [-0.39, 0.29) is 18.6 Å². The van der Waals surface area contributed by atoms with Crippen molar-refractivity contribution in [2.45, 2.75) is 18.9 Å². The largest absolute Gasteiger partial charge is 0.496 e. The van der Waals surface area contributed by atoms with Gasteiger partial charge in [0.05, 0.1) is 18.8 Å². The topological polar surface area (TPSA) is 73.9 Å². The zero-order chi connectivity index (χ0) is 17.6. The number of carbonyl (C=O) groups is 2. The number of esters is 1. The number of carbonyl (C=O) groups excluding carboxylic acids is 2. The summed E-state index contributed by atoms with van der Waals surface area (Å²) in [4.78, 5) is 24.2. The lowest BCUT2D eigenvalue weighted by molar-refractivity contribution is -0.124. The van der Waals surface area contributed by atoms with Gasteiger partial charge in [0, 0.05) is 18.5 Å². The first-order valence-corrected chi connectivity index (χ1v) is 8.30. The number of amides is 1. The number of benzene rings is 2. The molecule has 6 heteroatoms. The second-order valence-electron chi connectivity index (χ2n) is 5.88. The molecule has 25 heavy (non-hydrogen) atoms. The van der Waals surface area contributed by atoms with Gasteiger partial charge in [0.1, 0.15) is 5.75 Å². The predicted molar refractivity (Wildman–Crippen MR) is 92.8 cm³/mol. The SMILES string of the molecule is COc1ccc(C(=O)OCC(=O)NC[C@H]2CCCO2)c2ccccc12. The average Bonchev–Trinajstić information content (AvgIpc) is 3.17. The van der Waals surface area contributed by atoms with E-state index in [1.54, 1.807) is 19.2 Å². The summed E-state index contributed by atoms with van der Waals surface area (Å²) < 4.78 is 15.9. The van der Waals surface area contributed by atoms with Gasteiger partial charge in [-0.25, -0.2) is 4.79 Å². The van der Waals surface area contributed by atoms with E-state index in [1.165, 1.54) is 0 Å². The van der Waals surface area contributed by atoms with Gasteiger partial charge >= 0.3 is 5.97 Å². The molecule has 0 radical (unpaired) electrons. The molecule has 0 aliphatic carbocycles. The van der Waals surface area contributed by atoms with E-state index < -0.39 is 5.97 Å². The summed E-state index contributed by atoms with van der Waals surface area (Å²) in [6.07, 6.45) is 2.02. The van der Waals surface area contributed by atoms with Crippen molar-refractivity contribution in [2.24, 2.45) is 0 Å². The fourth-order valence-corrected chi connectivity index (χ4v) is 2.92. The highest BCUT2D eigenvalue weighted by atomic mass is 16.5. The highest BCUT2D eigenvalue weighted by Crippen LogP contribution is 2.28. The molecular formula is C19H21NO5. The Kier molecular flexibility index (Phi) is 5.50. The summed E-state index contributed by atoms with van der Waals surface area (Å²) in [6, 6.07) is 10.8. The van der Waals surface area contributed by atoms with E-state index >= 15 is 0 Å². The molecule has 1 aliphatic rings. The predicted octanol–water partition coefficient (Wildman–Crippen LogP) is 2.30. The molecule has 132 valence electrons. The zero-order valence-corrected chi connectivity index (χ0v) is 14.1. The van der Waals surface area contributed by atoms with E-state index in [9.17, 15) is 9.59 Å². The van der Waals surface area contributed by atoms with E-state index in [4.69, 9.17) is 14.2 Å². The van der Waals surface area contributed by atoms with Crippen LogP contribution in [0.1, 0.15) is 23.2 Å². The summed E-state index contributed by atoms with van der Waals surface area (Å²) in [5.74, 6) is -0.186. The normalized spacial score (nSPS) is 16.6. The van der Waals surface area contributed by atoms with Gasteiger partial charge < -0.3 is 19.5 Å². The molecule has 0 aromatic heterocycles. The average molecular weight is 343 g/mol. The monoisotopic (exact) mass is 343 g/mol. The van der Waals surface area contributed by atoms with Crippen LogP contribution >= 0.6 is 0 Å². The summed E-state index contributed by atoms with van der Waals surface area (Å²) >= 11 is 0. The lowest BCUT2D eigenvalue weighted by atomic mass is 10.0. The molecule has 0 unspecified atom stereocenters. The fourth-order valence-electron chi connectivity index (χ4n) is 2.92.